The van der Waals surface area contributed by atoms with Gasteiger partial charge in [0.15, 0.2) is 9.84 Å². The minimum atomic E-state index is -3.12. The highest BCUT2D eigenvalue weighted by Gasteiger charge is 2.40. The molecule has 0 radical (unpaired) electrons. The van der Waals surface area contributed by atoms with Gasteiger partial charge in [0.05, 0.1) is 10.6 Å². The van der Waals surface area contributed by atoms with E-state index in [0.717, 1.165) is 17.5 Å². The van der Waals surface area contributed by atoms with Gasteiger partial charge in [0.2, 0.25) is 0 Å². The van der Waals surface area contributed by atoms with Crippen molar-refractivity contribution in [2.24, 2.45) is 0 Å². The molecular weight excluding hydrogens is 256 g/mol. The smallest absolute Gasteiger partial charge is 0.179 e. The molecule has 3 heteroatoms. The molecule has 2 nitrogen and oxygen atoms in total. The first kappa shape index (κ1) is 12.7. The molecule has 3 rings (SSSR count). The molecule has 0 fully saturated rings. The number of benzene rings is 1. The van der Waals surface area contributed by atoms with Crippen molar-refractivity contribution in [1.82, 2.24) is 0 Å². The van der Waals surface area contributed by atoms with E-state index < -0.39 is 9.84 Å². The third kappa shape index (κ3) is 2.06. The molecule has 1 heterocycles. The molecule has 0 N–H and O–H groups in total. The van der Waals surface area contributed by atoms with Crippen LogP contribution in [0.4, 0.5) is 0 Å². The number of hydrogen-bond acceptors (Lipinski definition) is 2. The van der Waals surface area contributed by atoms with Gasteiger partial charge in [-0.15, -0.1) is 0 Å². The second-order valence-electron chi connectivity index (χ2n) is 6.05. The van der Waals surface area contributed by atoms with E-state index in [0.29, 0.717) is 10.8 Å². The normalized spacial score (nSPS) is 26.3. The van der Waals surface area contributed by atoms with Crippen LogP contribution in [0.2, 0.25) is 0 Å². The van der Waals surface area contributed by atoms with Gasteiger partial charge in [0, 0.05) is 11.3 Å². The predicted molar refractivity (Wildman–Crippen MR) is 77.2 cm³/mol. The summed E-state index contributed by atoms with van der Waals surface area (Å²) in [5.41, 5.74) is 1.79. The molecule has 1 aromatic carbocycles. The molecular formula is C16H18O2S. The van der Waals surface area contributed by atoms with Gasteiger partial charge < -0.3 is 0 Å². The van der Waals surface area contributed by atoms with Gasteiger partial charge in [-0.1, -0.05) is 50.3 Å². The van der Waals surface area contributed by atoms with Gasteiger partial charge in [-0.3, -0.25) is 0 Å². The summed E-state index contributed by atoms with van der Waals surface area (Å²) in [4.78, 5) is 0.540. The zero-order valence-corrected chi connectivity index (χ0v) is 12.1. The van der Waals surface area contributed by atoms with Crippen LogP contribution in [0, 0.1) is 0 Å². The fourth-order valence-corrected chi connectivity index (χ4v) is 5.30. The topological polar surface area (TPSA) is 34.1 Å². The standard InChI is InChI=1S/C16H18O2S/c1-16(2)11-19(17,18)15-10-13(8-9-14(15)16)12-6-4-3-5-7-12/h3-6,8-10,12H,7,11H2,1-2H3. The SMILES string of the molecule is CC1(C)CS(=O)(=O)c2cc(C3C=CC=CC3)ccc21. The van der Waals surface area contributed by atoms with Gasteiger partial charge >= 0.3 is 0 Å². The highest BCUT2D eigenvalue weighted by atomic mass is 32.2. The largest absolute Gasteiger partial charge is 0.224 e. The maximum atomic E-state index is 12.3. The molecule has 19 heavy (non-hydrogen) atoms. The third-order valence-electron chi connectivity index (χ3n) is 4.03. The molecule has 0 spiro atoms. The lowest BCUT2D eigenvalue weighted by Crippen LogP contribution is -2.18. The Bertz CT molecular complexity index is 679. The molecule has 0 saturated carbocycles. The van der Waals surface area contributed by atoms with E-state index in [4.69, 9.17) is 0 Å². The summed E-state index contributed by atoms with van der Waals surface area (Å²) in [6, 6.07) is 5.96. The van der Waals surface area contributed by atoms with Crippen molar-refractivity contribution >= 4 is 9.84 Å². The fraction of sp³-hybridized carbons (Fsp3) is 0.375. The van der Waals surface area contributed by atoms with Crippen LogP contribution in [0.15, 0.2) is 47.4 Å². The summed E-state index contributed by atoms with van der Waals surface area (Å²) < 4.78 is 24.5. The molecule has 1 atom stereocenters. The third-order valence-corrected chi connectivity index (χ3v) is 6.14. The highest BCUT2D eigenvalue weighted by molar-refractivity contribution is 7.91. The number of fused-ring (bicyclic) bond motifs is 1. The van der Waals surface area contributed by atoms with Gasteiger partial charge in [-0.05, 0) is 23.6 Å². The van der Waals surface area contributed by atoms with Crippen molar-refractivity contribution in [2.75, 3.05) is 5.75 Å². The second-order valence-corrected chi connectivity index (χ2v) is 8.01. The van der Waals surface area contributed by atoms with Crippen molar-refractivity contribution in [3.8, 4) is 0 Å². The zero-order chi connectivity index (χ0) is 13.7. The Labute approximate surface area is 114 Å². The number of hydrogen-bond donors (Lipinski definition) is 0. The first-order valence-electron chi connectivity index (χ1n) is 6.61. The number of rotatable bonds is 1. The van der Waals surface area contributed by atoms with Gasteiger partial charge in [-0.2, -0.15) is 0 Å². The van der Waals surface area contributed by atoms with E-state index in [-0.39, 0.29) is 11.2 Å². The van der Waals surface area contributed by atoms with E-state index in [1.54, 1.807) is 0 Å². The van der Waals surface area contributed by atoms with Crippen LogP contribution in [0.25, 0.3) is 0 Å². The molecule has 1 aromatic rings. The molecule has 100 valence electrons. The van der Waals surface area contributed by atoms with E-state index >= 15 is 0 Å². The minimum absolute atomic E-state index is 0.221. The van der Waals surface area contributed by atoms with E-state index in [2.05, 4.69) is 18.2 Å². The zero-order valence-electron chi connectivity index (χ0n) is 11.3. The predicted octanol–water partition coefficient (Wildman–Crippen LogP) is 3.35. The Hall–Kier alpha value is -1.35. The van der Waals surface area contributed by atoms with Crippen LogP contribution in [-0.4, -0.2) is 14.2 Å². The number of allylic oxidation sites excluding steroid dienone is 4. The van der Waals surface area contributed by atoms with E-state index in [1.165, 1.54) is 0 Å². The quantitative estimate of drug-likeness (QED) is 0.787. The Morgan fingerprint density at radius 3 is 2.68 bits per heavy atom. The maximum absolute atomic E-state index is 12.3. The second kappa shape index (κ2) is 4.07. The Kier molecular flexibility index (Phi) is 2.72. The van der Waals surface area contributed by atoms with Gasteiger partial charge in [0.1, 0.15) is 0 Å². The lowest BCUT2D eigenvalue weighted by Gasteiger charge is -2.18. The van der Waals surface area contributed by atoms with Crippen molar-refractivity contribution < 1.29 is 8.42 Å². The molecule has 0 amide bonds. The Morgan fingerprint density at radius 1 is 1.21 bits per heavy atom. The summed E-state index contributed by atoms with van der Waals surface area (Å²) in [5.74, 6) is 0.522. The molecule has 1 unspecified atom stereocenters. The first-order chi connectivity index (χ1) is 8.90. The van der Waals surface area contributed by atoms with Crippen molar-refractivity contribution in [1.29, 1.82) is 0 Å². The first-order valence-corrected chi connectivity index (χ1v) is 8.26. The van der Waals surface area contributed by atoms with Crippen LogP contribution in [-0.2, 0) is 15.3 Å². The van der Waals surface area contributed by atoms with Crippen LogP contribution >= 0.6 is 0 Å². The summed E-state index contributed by atoms with van der Waals surface area (Å²) in [5, 5.41) is 0. The van der Waals surface area contributed by atoms with Gasteiger partial charge in [0.25, 0.3) is 0 Å². The van der Waals surface area contributed by atoms with Crippen LogP contribution in [0.1, 0.15) is 37.3 Å². The summed E-state index contributed by atoms with van der Waals surface area (Å²) in [6.07, 6.45) is 9.26. The van der Waals surface area contributed by atoms with Crippen LogP contribution in [0.5, 0.6) is 0 Å². The molecule has 2 aliphatic rings. The van der Waals surface area contributed by atoms with Gasteiger partial charge in [-0.25, -0.2) is 8.42 Å². The highest BCUT2D eigenvalue weighted by Crippen LogP contribution is 2.41. The fourth-order valence-electron chi connectivity index (χ4n) is 3.04. The lowest BCUT2D eigenvalue weighted by molar-refractivity contribution is 0.572. The van der Waals surface area contributed by atoms with Crippen LogP contribution < -0.4 is 0 Å². The monoisotopic (exact) mass is 274 g/mol. The summed E-state index contributed by atoms with van der Waals surface area (Å²) in [6.45, 7) is 4.00. The molecule has 1 aliphatic carbocycles. The van der Waals surface area contributed by atoms with Crippen molar-refractivity contribution in [3.05, 3.63) is 53.6 Å². The molecule has 0 bridgehead atoms. The van der Waals surface area contributed by atoms with Crippen LogP contribution in [0.3, 0.4) is 0 Å². The molecule has 0 saturated heterocycles. The minimum Gasteiger partial charge on any atom is -0.224 e. The van der Waals surface area contributed by atoms with E-state index in [1.807, 2.05) is 38.1 Å². The molecule has 1 aliphatic heterocycles. The summed E-state index contributed by atoms with van der Waals surface area (Å²) in [7, 11) is -3.12. The van der Waals surface area contributed by atoms with Crippen molar-refractivity contribution in [3.63, 3.8) is 0 Å². The Morgan fingerprint density at radius 2 is 2.00 bits per heavy atom. The summed E-state index contributed by atoms with van der Waals surface area (Å²) >= 11 is 0. The van der Waals surface area contributed by atoms with E-state index in [9.17, 15) is 8.42 Å². The Balaban J connectivity index is 2.10. The average Bonchev–Trinajstić information content (AvgIpc) is 2.56. The number of sulfone groups is 1. The van der Waals surface area contributed by atoms with Crippen molar-refractivity contribution in [2.45, 2.75) is 36.5 Å². The maximum Gasteiger partial charge on any atom is 0.179 e. The molecule has 0 aromatic heterocycles. The lowest BCUT2D eigenvalue weighted by atomic mass is 9.84. The average molecular weight is 274 g/mol.